The quantitative estimate of drug-likeness (QED) is 0.763. The number of hydrogen-bond acceptors (Lipinski definition) is 3. The summed E-state index contributed by atoms with van der Waals surface area (Å²) in [5.74, 6) is 0.514. The van der Waals surface area contributed by atoms with Crippen molar-refractivity contribution in [1.82, 2.24) is 15.1 Å². The van der Waals surface area contributed by atoms with Crippen molar-refractivity contribution in [1.29, 1.82) is 0 Å². The van der Waals surface area contributed by atoms with Crippen LogP contribution in [0.15, 0.2) is 6.07 Å². The van der Waals surface area contributed by atoms with Crippen LogP contribution < -0.4 is 0 Å². The minimum absolute atomic E-state index is 0.513. The van der Waals surface area contributed by atoms with Crippen LogP contribution in [0.4, 0.5) is 0 Å². The van der Waals surface area contributed by atoms with Gasteiger partial charge in [0.05, 0.1) is 0 Å². The van der Waals surface area contributed by atoms with E-state index < -0.39 is 0 Å². The largest absolute Gasteiger partial charge is 0.303 e. The third-order valence-electron chi connectivity index (χ3n) is 3.13. The molecule has 4 nitrogen and oxygen atoms in total. The van der Waals surface area contributed by atoms with E-state index in [2.05, 4.69) is 22.0 Å². The third-order valence-corrected chi connectivity index (χ3v) is 3.13. The topological polar surface area (TPSA) is 49.0 Å². The fourth-order valence-electron chi connectivity index (χ4n) is 2.22. The van der Waals surface area contributed by atoms with E-state index in [4.69, 9.17) is 0 Å². The van der Waals surface area contributed by atoms with Crippen molar-refractivity contribution < 1.29 is 4.79 Å². The lowest BCUT2D eigenvalue weighted by atomic mass is 9.95. The van der Waals surface area contributed by atoms with E-state index in [1.165, 1.54) is 19.4 Å². The molecule has 1 fully saturated rings. The molecule has 1 aliphatic heterocycles. The number of piperidine rings is 1. The Balaban J connectivity index is 2.06. The fraction of sp³-hybridized carbons (Fsp3) is 0.636. The van der Waals surface area contributed by atoms with Crippen LogP contribution in [-0.4, -0.2) is 41.0 Å². The molecule has 0 aliphatic carbocycles. The number of aromatic amines is 1. The average Bonchev–Trinajstić information content (AvgIpc) is 2.78. The lowest BCUT2D eigenvalue weighted by molar-refractivity contribution is 0.111. The van der Waals surface area contributed by atoms with Gasteiger partial charge < -0.3 is 4.90 Å². The first-order valence-electron chi connectivity index (χ1n) is 5.56. The van der Waals surface area contributed by atoms with Crippen LogP contribution in [0, 0.1) is 0 Å². The predicted molar refractivity (Wildman–Crippen MR) is 58.1 cm³/mol. The second-order valence-corrected chi connectivity index (χ2v) is 4.10. The second kappa shape index (κ2) is 4.57. The molecule has 0 radical (unpaired) electrons. The minimum Gasteiger partial charge on any atom is -0.303 e. The number of likely N-dealkylation sites (N-methyl/N-ethyl adjacent to an activating group) is 1. The van der Waals surface area contributed by atoms with Gasteiger partial charge in [-0.1, -0.05) is 6.92 Å². The SMILES string of the molecule is CCN1CCCC(c2cc(C=O)n[nH]2)C1. The number of aromatic nitrogens is 2. The average molecular weight is 207 g/mol. The van der Waals surface area contributed by atoms with Crippen molar-refractivity contribution >= 4 is 6.29 Å². The highest BCUT2D eigenvalue weighted by molar-refractivity contribution is 5.71. The fourth-order valence-corrected chi connectivity index (χ4v) is 2.22. The number of hydrogen-bond donors (Lipinski definition) is 1. The summed E-state index contributed by atoms with van der Waals surface area (Å²) in [6.07, 6.45) is 3.21. The highest BCUT2D eigenvalue weighted by Crippen LogP contribution is 2.25. The van der Waals surface area contributed by atoms with Crippen molar-refractivity contribution in [3.8, 4) is 0 Å². The molecule has 0 bridgehead atoms. The van der Waals surface area contributed by atoms with Crippen LogP contribution in [0.3, 0.4) is 0 Å². The van der Waals surface area contributed by atoms with Gasteiger partial charge in [0.2, 0.25) is 0 Å². The van der Waals surface area contributed by atoms with Crippen molar-refractivity contribution in [2.45, 2.75) is 25.7 Å². The van der Waals surface area contributed by atoms with E-state index in [-0.39, 0.29) is 0 Å². The molecule has 2 rings (SSSR count). The van der Waals surface area contributed by atoms with E-state index in [9.17, 15) is 4.79 Å². The van der Waals surface area contributed by atoms with E-state index in [0.29, 0.717) is 11.6 Å². The lowest BCUT2D eigenvalue weighted by Crippen LogP contribution is -2.34. The van der Waals surface area contributed by atoms with Gasteiger partial charge in [-0.15, -0.1) is 0 Å². The molecule has 0 amide bonds. The molecule has 0 aromatic carbocycles. The van der Waals surface area contributed by atoms with Crippen LogP contribution in [0.25, 0.3) is 0 Å². The van der Waals surface area contributed by atoms with Gasteiger partial charge in [-0.05, 0) is 32.0 Å². The first-order valence-corrected chi connectivity index (χ1v) is 5.56. The number of rotatable bonds is 3. The van der Waals surface area contributed by atoms with Gasteiger partial charge in [-0.3, -0.25) is 9.89 Å². The van der Waals surface area contributed by atoms with Crippen molar-refractivity contribution in [2.24, 2.45) is 0 Å². The molecule has 1 unspecified atom stereocenters. The molecule has 0 saturated carbocycles. The Morgan fingerprint density at radius 1 is 1.73 bits per heavy atom. The van der Waals surface area contributed by atoms with Gasteiger partial charge in [0.1, 0.15) is 5.69 Å². The Morgan fingerprint density at radius 3 is 3.27 bits per heavy atom. The van der Waals surface area contributed by atoms with Crippen LogP contribution in [0.5, 0.6) is 0 Å². The molecular weight excluding hydrogens is 190 g/mol. The number of aldehydes is 1. The van der Waals surface area contributed by atoms with Gasteiger partial charge in [-0.2, -0.15) is 5.10 Å². The zero-order valence-corrected chi connectivity index (χ0v) is 9.07. The molecule has 1 saturated heterocycles. The van der Waals surface area contributed by atoms with Crippen LogP contribution in [0.2, 0.25) is 0 Å². The zero-order chi connectivity index (χ0) is 10.7. The Hall–Kier alpha value is -1.16. The maximum atomic E-state index is 10.5. The summed E-state index contributed by atoms with van der Waals surface area (Å²) in [7, 11) is 0. The van der Waals surface area contributed by atoms with E-state index in [1.807, 2.05) is 6.07 Å². The number of carbonyl (C=O) groups excluding carboxylic acids is 1. The maximum Gasteiger partial charge on any atom is 0.170 e. The first-order chi connectivity index (χ1) is 7.33. The van der Waals surface area contributed by atoms with Gasteiger partial charge in [0.25, 0.3) is 0 Å². The Kier molecular flexibility index (Phi) is 3.16. The summed E-state index contributed by atoms with van der Waals surface area (Å²) in [5.41, 5.74) is 1.62. The Bertz CT molecular complexity index is 334. The molecule has 1 aliphatic rings. The van der Waals surface area contributed by atoms with E-state index >= 15 is 0 Å². The summed E-state index contributed by atoms with van der Waals surface area (Å²) < 4.78 is 0. The maximum absolute atomic E-state index is 10.5. The summed E-state index contributed by atoms with van der Waals surface area (Å²) in [5, 5.41) is 6.91. The standard InChI is InChI=1S/C11H17N3O/c1-2-14-5-3-4-9(7-14)11-6-10(8-15)12-13-11/h6,8-9H,2-5,7H2,1H3,(H,12,13). The minimum atomic E-state index is 0.513. The summed E-state index contributed by atoms with van der Waals surface area (Å²) >= 11 is 0. The van der Waals surface area contributed by atoms with Crippen molar-refractivity contribution in [3.63, 3.8) is 0 Å². The van der Waals surface area contributed by atoms with Crippen LogP contribution in [0.1, 0.15) is 41.9 Å². The first kappa shape index (κ1) is 10.4. The smallest absolute Gasteiger partial charge is 0.170 e. The normalized spacial score (nSPS) is 22.9. The molecule has 1 aromatic rings. The summed E-state index contributed by atoms with van der Waals surface area (Å²) in [6, 6.07) is 1.87. The van der Waals surface area contributed by atoms with Gasteiger partial charge in [-0.25, -0.2) is 0 Å². The molecule has 0 spiro atoms. The highest BCUT2D eigenvalue weighted by Gasteiger charge is 2.21. The number of likely N-dealkylation sites (tertiary alicyclic amines) is 1. The summed E-state index contributed by atoms with van der Waals surface area (Å²) in [4.78, 5) is 13.0. The molecule has 82 valence electrons. The van der Waals surface area contributed by atoms with Crippen molar-refractivity contribution in [2.75, 3.05) is 19.6 Å². The van der Waals surface area contributed by atoms with Crippen LogP contribution >= 0.6 is 0 Å². The summed E-state index contributed by atoms with van der Waals surface area (Å²) in [6.45, 7) is 5.57. The van der Waals surface area contributed by atoms with Gasteiger partial charge >= 0.3 is 0 Å². The van der Waals surface area contributed by atoms with Gasteiger partial charge in [0.15, 0.2) is 6.29 Å². The molecule has 2 heterocycles. The Morgan fingerprint density at radius 2 is 2.60 bits per heavy atom. The number of nitrogens with zero attached hydrogens (tertiary/aromatic N) is 2. The molecule has 4 heteroatoms. The van der Waals surface area contributed by atoms with E-state index in [0.717, 1.165) is 25.1 Å². The number of H-pyrrole nitrogens is 1. The molecule has 1 atom stereocenters. The number of nitrogens with one attached hydrogen (secondary N) is 1. The van der Waals surface area contributed by atoms with Crippen LogP contribution in [-0.2, 0) is 0 Å². The monoisotopic (exact) mass is 207 g/mol. The van der Waals surface area contributed by atoms with Gasteiger partial charge in [0, 0.05) is 18.2 Å². The molecule has 1 N–H and O–H groups in total. The molecule has 1 aromatic heterocycles. The molecule has 15 heavy (non-hydrogen) atoms. The van der Waals surface area contributed by atoms with E-state index in [1.54, 1.807) is 0 Å². The third kappa shape index (κ3) is 2.26. The van der Waals surface area contributed by atoms with Crippen molar-refractivity contribution in [3.05, 3.63) is 17.5 Å². The second-order valence-electron chi connectivity index (χ2n) is 4.10. The Labute approximate surface area is 89.7 Å². The number of carbonyl (C=O) groups is 1. The predicted octanol–water partition coefficient (Wildman–Crippen LogP) is 1.42. The highest BCUT2D eigenvalue weighted by atomic mass is 16.1. The molecular formula is C11H17N3O. The zero-order valence-electron chi connectivity index (χ0n) is 9.07. The lowest BCUT2D eigenvalue weighted by Gasteiger charge is -2.31.